The minimum atomic E-state index is -3.84. The first-order valence-corrected chi connectivity index (χ1v) is 10.4. The first kappa shape index (κ1) is 23.1. The maximum absolute atomic E-state index is 11.3. The standard InChI is InChI=1S/C17H34N2O4S/c1-16(2)17(20)18-12-9-7-5-6-8-10-13-19(3,4)14-11-15-24(21,22)23/h1,5-15H2,2-4H3,(H-,18,20,21,22,23)/p+1. The summed E-state index contributed by atoms with van der Waals surface area (Å²) in [5.74, 6) is -0.222. The molecule has 0 fully saturated rings. The maximum atomic E-state index is 11.3. The molecule has 0 rings (SSSR count). The Morgan fingerprint density at radius 1 is 1.00 bits per heavy atom. The molecule has 0 radical (unpaired) electrons. The zero-order chi connectivity index (χ0) is 18.6. The van der Waals surface area contributed by atoms with Crippen LogP contribution >= 0.6 is 0 Å². The van der Waals surface area contributed by atoms with Gasteiger partial charge in [0.1, 0.15) is 0 Å². The third-order valence-electron chi connectivity index (χ3n) is 4.03. The summed E-state index contributed by atoms with van der Waals surface area (Å²) < 4.78 is 31.0. The molecule has 6 nitrogen and oxygen atoms in total. The van der Waals surface area contributed by atoms with Gasteiger partial charge in [0, 0.05) is 18.5 Å². The van der Waals surface area contributed by atoms with Crippen LogP contribution in [0.5, 0.6) is 0 Å². The van der Waals surface area contributed by atoms with Crippen molar-refractivity contribution in [1.82, 2.24) is 5.32 Å². The largest absolute Gasteiger partial charge is 0.352 e. The molecule has 0 aliphatic carbocycles. The zero-order valence-electron chi connectivity index (χ0n) is 15.5. The SMILES string of the molecule is C=C(C)C(=O)NCCCCCCCC[N+](C)(C)CCCS(=O)(=O)O. The van der Waals surface area contributed by atoms with Crippen LogP contribution in [0.3, 0.4) is 0 Å². The van der Waals surface area contributed by atoms with E-state index in [2.05, 4.69) is 26.0 Å². The molecule has 0 unspecified atom stereocenters. The van der Waals surface area contributed by atoms with E-state index in [1.165, 1.54) is 12.8 Å². The molecule has 0 saturated heterocycles. The highest BCUT2D eigenvalue weighted by Crippen LogP contribution is 2.09. The van der Waals surface area contributed by atoms with Crippen LogP contribution in [0.4, 0.5) is 0 Å². The second-order valence-electron chi connectivity index (χ2n) is 7.18. The average Bonchev–Trinajstić information content (AvgIpc) is 2.43. The molecule has 0 aliphatic rings. The van der Waals surface area contributed by atoms with E-state index >= 15 is 0 Å². The van der Waals surface area contributed by atoms with Crippen LogP contribution in [0.2, 0.25) is 0 Å². The van der Waals surface area contributed by atoms with Crippen molar-refractivity contribution >= 4 is 16.0 Å². The van der Waals surface area contributed by atoms with Crippen molar-refractivity contribution in [1.29, 1.82) is 0 Å². The van der Waals surface area contributed by atoms with Crippen molar-refractivity contribution in [2.45, 2.75) is 51.9 Å². The van der Waals surface area contributed by atoms with Crippen molar-refractivity contribution in [2.24, 2.45) is 0 Å². The fourth-order valence-corrected chi connectivity index (χ4v) is 3.01. The number of rotatable bonds is 14. The lowest BCUT2D eigenvalue weighted by atomic mass is 10.1. The number of nitrogens with one attached hydrogen (secondary N) is 1. The van der Waals surface area contributed by atoms with E-state index in [0.717, 1.165) is 43.3 Å². The summed E-state index contributed by atoms with van der Waals surface area (Å²) in [4.78, 5) is 11.3. The maximum Gasteiger partial charge on any atom is 0.265 e. The van der Waals surface area contributed by atoms with E-state index in [-0.39, 0.29) is 11.7 Å². The van der Waals surface area contributed by atoms with E-state index in [1.54, 1.807) is 6.92 Å². The van der Waals surface area contributed by atoms with Gasteiger partial charge in [-0.3, -0.25) is 9.35 Å². The van der Waals surface area contributed by atoms with Gasteiger partial charge in [-0.05, 0) is 26.2 Å². The fourth-order valence-electron chi connectivity index (χ4n) is 2.51. The Hall–Kier alpha value is -0.920. The Bertz CT molecular complexity index is 487. The highest BCUT2D eigenvalue weighted by molar-refractivity contribution is 7.85. The van der Waals surface area contributed by atoms with Crippen molar-refractivity contribution < 1.29 is 22.2 Å². The molecular formula is C17H35N2O4S+. The zero-order valence-corrected chi connectivity index (χ0v) is 16.3. The molecule has 2 N–H and O–H groups in total. The normalized spacial score (nSPS) is 12.2. The van der Waals surface area contributed by atoms with Crippen LogP contribution in [0, 0.1) is 0 Å². The molecule has 0 aromatic heterocycles. The third kappa shape index (κ3) is 14.7. The van der Waals surface area contributed by atoms with Crippen LogP contribution in [0.1, 0.15) is 51.9 Å². The van der Waals surface area contributed by atoms with Gasteiger partial charge in [-0.2, -0.15) is 8.42 Å². The molecule has 0 heterocycles. The summed E-state index contributed by atoms with van der Waals surface area (Å²) in [6.07, 6.45) is 7.23. The number of hydrogen-bond donors (Lipinski definition) is 2. The number of quaternary nitrogens is 1. The van der Waals surface area contributed by atoms with E-state index in [4.69, 9.17) is 4.55 Å². The lowest BCUT2D eigenvalue weighted by Crippen LogP contribution is -2.41. The first-order valence-electron chi connectivity index (χ1n) is 8.74. The molecule has 0 aromatic rings. The van der Waals surface area contributed by atoms with Crippen LogP contribution in [-0.4, -0.2) is 62.8 Å². The number of unbranched alkanes of at least 4 members (excludes halogenated alkanes) is 5. The van der Waals surface area contributed by atoms with E-state index in [1.807, 2.05) is 0 Å². The second-order valence-corrected chi connectivity index (χ2v) is 8.75. The van der Waals surface area contributed by atoms with Gasteiger partial charge in [-0.1, -0.05) is 25.8 Å². The van der Waals surface area contributed by atoms with Gasteiger partial charge in [-0.15, -0.1) is 0 Å². The molecule has 0 aromatic carbocycles. The summed E-state index contributed by atoms with van der Waals surface area (Å²) in [6.45, 7) is 7.78. The van der Waals surface area contributed by atoms with Crippen LogP contribution in [0.15, 0.2) is 12.2 Å². The highest BCUT2D eigenvalue weighted by Gasteiger charge is 2.16. The highest BCUT2D eigenvalue weighted by atomic mass is 32.2. The molecule has 0 aliphatic heterocycles. The van der Waals surface area contributed by atoms with Gasteiger partial charge in [-0.25, -0.2) is 0 Å². The van der Waals surface area contributed by atoms with Crippen LogP contribution in [-0.2, 0) is 14.9 Å². The van der Waals surface area contributed by atoms with Crippen molar-refractivity contribution in [2.75, 3.05) is 39.5 Å². The number of hydrogen-bond acceptors (Lipinski definition) is 3. The summed E-state index contributed by atoms with van der Waals surface area (Å²) in [5.41, 5.74) is 0.548. The minimum Gasteiger partial charge on any atom is -0.352 e. The molecule has 0 spiro atoms. The average molecular weight is 364 g/mol. The molecule has 7 heteroatoms. The smallest absolute Gasteiger partial charge is 0.265 e. The van der Waals surface area contributed by atoms with Crippen LogP contribution < -0.4 is 5.32 Å². The van der Waals surface area contributed by atoms with Gasteiger partial charge in [0.25, 0.3) is 10.1 Å². The molecule has 0 saturated carbocycles. The number of carbonyl (C=O) groups excluding carboxylic acids is 1. The number of nitrogens with zero attached hydrogens (tertiary/aromatic N) is 1. The first-order chi connectivity index (χ1) is 11.0. The molecule has 0 bridgehead atoms. The summed E-state index contributed by atoms with van der Waals surface area (Å²) >= 11 is 0. The molecule has 24 heavy (non-hydrogen) atoms. The summed E-state index contributed by atoms with van der Waals surface area (Å²) in [6, 6.07) is 0. The summed E-state index contributed by atoms with van der Waals surface area (Å²) in [7, 11) is 0.345. The predicted octanol–water partition coefficient (Wildman–Crippen LogP) is 2.37. The predicted molar refractivity (Wildman–Crippen MR) is 98.4 cm³/mol. The molecule has 1 amide bonds. The quantitative estimate of drug-likeness (QED) is 0.215. The molecular weight excluding hydrogens is 328 g/mol. The Kier molecular flexibility index (Phi) is 11.2. The monoisotopic (exact) mass is 363 g/mol. The topological polar surface area (TPSA) is 83.5 Å². The van der Waals surface area contributed by atoms with E-state index < -0.39 is 10.1 Å². The lowest BCUT2D eigenvalue weighted by Gasteiger charge is -2.29. The van der Waals surface area contributed by atoms with Crippen molar-refractivity contribution in [3.05, 3.63) is 12.2 Å². The third-order valence-corrected chi connectivity index (χ3v) is 4.83. The van der Waals surface area contributed by atoms with Gasteiger partial charge in [0.05, 0.1) is 32.9 Å². The van der Waals surface area contributed by atoms with Gasteiger partial charge < -0.3 is 9.80 Å². The Morgan fingerprint density at radius 2 is 1.50 bits per heavy atom. The van der Waals surface area contributed by atoms with E-state index in [9.17, 15) is 13.2 Å². The number of carbonyl (C=O) groups is 1. The second kappa shape index (κ2) is 11.6. The molecule has 142 valence electrons. The minimum absolute atomic E-state index is 0.0657. The van der Waals surface area contributed by atoms with Crippen LogP contribution in [0.25, 0.3) is 0 Å². The fraction of sp³-hybridized carbons (Fsp3) is 0.824. The lowest BCUT2D eigenvalue weighted by molar-refractivity contribution is -0.890. The number of amides is 1. The van der Waals surface area contributed by atoms with Crippen molar-refractivity contribution in [3.63, 3.8) is 0 Å². The van der Waals surface area contributed by atoms with Gasteiger partial charge >= 0.3 is 0 Å². The van der Waals surface area contributed by atoms with Gasteiger partial charge in [0.15, 0.2) is 0 Å². The Morgan fingerprint density at radius 3 is 2.04 bits per heavy atom. The molecule has 0 atom stereocenters. The van der Waals surface area contributed by atoms with Gasteiger partial charge in [0.2, 0.25) is 5.91 Å². The van der Waals surface area contributed by atoms with Crippen molar-refractivity contribution in [3.8, 4) is 0 Å². The van der Waals surface area contributed by atoms with E-state index in [0.29, 0.717) is 18.5 Å². The summed E-state index contributed by atoms with van der Waals surface area (Å²) in [5, 5.41) is 2.83. The Balaban J connectivity index is 3.54. The Labute approximate surface area is 147 Å².